The van der Waals surface area contributed by atoms with Crippen LogP contribution in [0.2, 0.25) is 0 Å². The second-order valence-electron chi connectivity index (χ2n) is 2.33. The third-order valence-electron chi connectivity index (χ3n) is 1.48. The predicted molar refractivity (Wildman–Crippen MR) is 30.9 cm³/mol. The zero-order chi connectivity index (χ0) is 8.48. The molecule has 0 unspecified atom stereocenters. The molecule has 1 heterocycles. The molecule has 1 aliphatic rings. The van der Waals surface area contributed by atoms with Crippen molar-refractivity contribution in [1.29, 1.82) is 0 Å². The van der Waals surface area contributed by atoms with Crippen LogP contribution in [0.25, 0.3) is 0 Å². The maximum atomic E-state index is 11.9. The lowest BCUT2D eigenvalue weighted by Crippen LogP contribution is -2.52. The Morgan fingerprint density at radius 3 is 2.09 bits per heavy atom. The van der Waals surface area contributed by atoms with Crippen LogP contribution in [0, 0.1) is 5.92 Å². The summed E-state index contributed by atoms with van der Waals surface area (Å²) < 4.78 is 35.6. The molecule has 0 bridgehead atoms. The van der Waals surface area contributed by atoms with Crippen LogP contribution in [0.15, 0.2) is 0 Å². The highest BCUT2D eigenvalue weighted by Gasteiger charge is 2.41. The second kappa shape index (κ2) is 2.60. The molecule has 0 aromatic heterocycles. The molecule has 0 spiro atoms. The zero-order valence-electron chi connectivity index (χ0n) is 5.53. The summed E-state index contributed by atoms with van der Waals surface area (Å²) in [5.41, 5.74) is 0. The molecule has 0 aromatic rings. The minimum atomic E-state index is -4.22. The average Bonchev–Trinajstić information content (AvgIpc) is 1.86. The first-order valence-corrected chi connectivity index (χ1v) is 3.08. The number of nitrogens with one attached hydrogen (secondary N) is 2. The molecule has 1 rings (SSSR count). The van der Waals surface area contributed by atoms with Crippen molar-refractivity contribution in [2.24, 2.45) is 5.92 Å². The number of carbonyl (C=O) groups is 1. The van der Waals surface area contributed by atoms with Crippen molar-refractivity contribution in [3.05, 3.63) is 0 Å². The number of carbonyl (C=O) groups excluding carboxylic acids is 1. The molecule has 64 valence electrons. The average molecular weight is 168 g/mol. The number of rotatable bonds is 0. The number of hydrogen-bond acceptors (Lipinski definition) is 1. The molecule has 6 heteroatoms. The van der Waals surface area contributed by atoms with E-state index in [-0.39, 0.29) is 13.1 Å². The molecule has 0 atom stereocenters. The first-order chi connectivity index (χ1) is 5.00. The Hall–Kier alpha value is -0.940. The Morgan fingerprint density at radius 1 is 1.27 bits per heavy atom. The van der Waals surface area contributed by atoms with Crippen LogP contribution in [0.5, 0.6) is 0 Å². The largest absolute Gasteiger partial charge is 0.395 e. The zero-order valence-corrected chi connectivity index (χ0v) is 5.53. The quantitative estimate of drug-likeness (QED) is 0.542. The third kappa shape index (κ3) is 1.99. The Kier molecular flexibility index (Phi) is 1.92. The third-order valence-corrected chi connectivity index (χ3v) is 1.48. The van der Waals surface area contributed by atoms with Gasteiger partial charge in [0.1, 0.15) is 0 Å². The van der Waals surface area contributed by atoms with Gasteiger partial charge in [0.05, 0.1) is 5.92 Å². The number of amides is 2. The van der Waals surface area contributed by atoms with Crippen LogP contribution in [0.3, 0.4) is 0 Å². The monoisotopic (exact) mass is 168 g/mol. The number of hydrogen-bond donors (Lipinski definition) is 2. The lowest BCUT2D eigenvalue weighted by atomic mass is 10.1. The van der Waals surface area contributed by atoms with Crippen LogP contribution in [-0.2, 0) is 0 Å². The van der Waals surface area contributed by atoms with Crippen LogP contribution >= 0.6 is 0 Å². The standard InChI is InChI=1S/C5H7F3N2O/c6-5(7,8)3-1-9-4(11)10-2-3/h3H,1-2H2,(H2,9,10,11). The van der Waals surface area contributed by atoms with Gasteiger partial charge < -0.3 is 10.6 Å². The van der Waals surface area contributed by atoms with E-state index >= 15 is 0 Å². The molecule has 0 radical (unpaired) electrons. The Morgan fingerprint density at radius 2 is 1.73 bits per heavy atom. The van der Waals surface area contributed by atoms with Crippen LogP contribution < -0.4 is 10.6 Å². The highest BCUT2D eigenvalue weighted by atomic mass is 19.4. The van der Waals surface area contributed by atoms with Gasteiger partial charge in [-0.2, -0.15) is 13.2 Å². The van der Waals surface area contributed by atoms with Crippen molar-refractivity contribution >= 4 is 6.03 Å². The van der Waals surface area contributed by atoms with Gasteiger partial charge in [0.15, 0.2) is 0 Å². The molecule has 2 amide bonds. The van der Waals surface area contributed by atoms with Crippen molar-refractivity contribution in [3.63, 3.8) is 0 Å². The second-order valence-corrected chi connectivity index (χ2v) is 2.33. The minimum absolute atomic E-state index is 0.324. The van der Waals surface area contributed by atoms with E-state index in [4.69, 9.17) is 0 Å². The molecule has 1 fully saturated rings. The topological polar surface area (TPSA) is 41.1 Å². The van der Waals surface area contributed by atoms with Crippen molar-refractivity contribution in [3.8, 4) is 0 Å². The predicted octanol–water partition coefficient (Wildman–Crippen LogP) is 0.478. The van der Waals surface area contributed by atoms with Gasteiger partial charge in [0.25, 0.3) is 0 Å². The van der Waals surface area contributed by atoms with Gasteiger partial charge in [-0.25, -0.2) is 4.79 Å². The first-order valence-electron chi connectivity index (χ1n) is 3.08. The van der Waals surface area contributed by atoms with E-state index < -0.39 is 18.1 Å². The van der Waals surface area contributed by atoms with E-state index in [1.807, 2.05) is 0 Å². The number of halogens is 3. The van der Waals surface area contributed by atoms with E-state index in [0.717, 1.165) is 0 Å². The van der Waals surface area contributed by atoms with E-state index in [1.54, 1.807) is 0 Å². The molecule has 11 heavy (non-hydrogen) atoms. The summed E-state index contributed by atoms with van der Waals surface area (Å²) in [5.74, 6) is -1.46. The Balaban J connectivity index is 2.45. The molecule has 0 aromatic carbocycles. The molecule has 2 N–H and O–H groups in total. The van der Waals surface area contributed by atoms with Crippen molar-refractivity contribution in [2.45, 2.75) is 6.18 Å². The van der Waals surface area contributed by atoms with E-state index in [2.05, 4.69) is 10.6 Å². The van der Waals surface area contributed by atoms with Gasteiger partial charge in [-0.3, -0.25) is 0 Å². The SMILES string of the molecule is O=C1NCC(C(F)(F)F)CN1. The fraction of sp³-hybridized carbons (Fsp3) is 0.800. The van der Waals surface area contributed by atoms with Crippen molar-refractivity contribution in [1.82, 2.24) is 10.6 Å². The lowest BCUT2D eigenvalue weighted by molar-refractivity contribution is -0.172. The van der Waals surface area contributed by atoms with Gasteiger partial charge in [-0.1, -0.05) is 0 Å². The van der Waals surface area contributed by atoms with Gasteiger partial charge in [0.2, 0.25) is 0 Å². The normalized spacial score (nSPS) is 20.8. The van der Waals surface area contributed by atoms with E-state index in [9.17, 15) is 18.0 Å². The molecular weight excluding hydrogens is 161 g/mol. The molecular formula is C5H7F3N2O. The molecule has 3 nitrogen and oxygen atoms in total. The minimum Gasteiger partial charge on any atom is -0.337 e. The van der Waals surface area contributed by atoms with E-state index in [1.165, 1.54) is 0 Å². The van der Waals surface area contributed by atoms with Gasteiger partial charge in [0, 0.05) is 13.1 Å². The van der Waals surface area contributed by atoms with Crippen molar-refractivity contribution < 1.29 is 18.0 Å². The van der Waals surface area contributed by atoms with E-state index in [0.29, 0.717) is 0 Å². The fourth-order valence-corrected chi connectivity index (χ4v) is 0.798. The Labute approximate surface area is 61.0 Å². The van der Waals surface area contributed by atoms with Crippen LogP contribution in [0.4, 0.5) is 18.0 Å². The van der Waals surface area contributed by atoms with Crippen LogP contribution in [-0.4, -0.2) is 25.3 Å². The lowest BCUT2D eigenvalue weighted by Gasteiger charge is -2.25. The summed E-state index contributed by atoms with van der Waals surface area (Å²) in [4.78, 5) is 10.3. The highest BCUT2D eigenvalue weighted by Crippen LogP contribution is 2.25. The van der Waals surface area contributed by atoms with Gasteiger partial charge in [-0.15, -0.1) is 0 Å². The molecule has 0 aliphatic carbocycles. The van der Waals surface area contributed by atoms with Crippen LogP contribution in [0.1, 0.15) is 0 Å². The summed E-state index contributed by atoms with van der Waals surface area (Å²) in [6.07, 6.45) is -4.22. The smallest absolute Gasteiger partial charge is 0.337 e. The van der Waals surface area contributed by atoms with Crippen molar-refractivity contribution in [2.75, 3.05) is 13.1 Å². The highest BCUT2D eigenvalue weighted by molar-refractivity contribution is 5.74. The molecule has 1 aliphatic heterocycles. The molecule has 0 saturated carbocycles. The maximum absolute atomic E-state index is 11.9. The summed E-state index contributed by atoms with van der Waals surface area (Å²) in [5, 5.41) is 4.14. The summed E-state index contributed by atoms with van der Waals surface area (Å²) in [6, 6.07) is -0.537. The first kappa shape index (κ1) is 8.16. The number of alkyl halides is 3. The fourth-order valence-electron chi connectivity index (χ4n) is 0.798. The maximum Gasteiger partial charge on any atom is 0.395 e. The molecule has 1 saturated heterocycles. The summed E-state index contributed by atoms with van der Waals surface area (Å²) in [6.45, 7) is -0.648. The van der Waals surface area contributed by atoms with Gasteiger partial charge in [-0.05, 0) is 0 Å². The Bertz CT molecular complexity index is 158. The van der Waals surface area contributed by atoms with Gasteiger partial charge >= 0.3 is 12.2 Å². The number of urea groups is 1. The summed E-state index contributed by atoms with van der Waals surface area (Å²) in [7, 11) is 0. The summed E-state index contributed by atoms with van der Waals surface area (Å²) >= 11 is 0.